The average molecular weight is 349 g/mol. The molecule has 2 aromatic heterocycles. The lowest BCUT2D eigenvalue weighted by molar-refractivity contribution is 0.655. The molecule has 1 aromatic carbocycles. The van der Waals surface area contributed by atoms with Gasteiger partial charge in [0.1, 0.15) is 7.85 Å². The molecule has 0 aliphatic heterocycles. The first-order valence-corrected chi connectivity index (χ1v) is 9.02. The highest BCUT2D eigenvalue weighted by Crippen LogP contribution is 2.22. The molecule has 5 nitrogen and oxygen atoms in total. The fourth-order valence-electron chi connectivity index (χ4n) is 2.39. The van der Waals surface area contributed by atoms with Crippen LogP contribution < -0.4 is 21.1 Å². The smallest absolute Gasteiger partial charge is 0.227 e. The third kappa shape index (κ3) is 5.13. The number of nitrogens with zero attached hydrogens (tertiary/aromatic N) is 2. The Morgan fingerprint density at radius 3 is 2.88 bits per heavy atom. The van der Waals surface area contributed by atoms with E-state index in [2.05, 4.69) is 32.7 Å². The number of aromatic nitrogens is 2. The molecule has 3 rings (SSSR count). The van der Waals surface area contributed by atoms with Crippen molar-refractivity contribution in [2.24, 2.45) is 5.73 Å². The van der Waals surface area contributed by atoms with Crippen LogP contribution in [0, 0.1) is 0 Å². The van der Waals surface area contributed by atoms with E-state index in [9.17, 15) is 0 Å². The highest BCUT2D eigenvalue weighted by Gasteiger charge is 2.05. The van der Waals surface area contributed by atoms with E-state index in [1.54, 1.807) is 6.20 Å². The van der Waals surface area contributed by atoms with Crippen LogP contribution in [0.25, 0.3) is 10.6 Å². The van der Waals surface area contributed by atoms with Crippen LogP contribution in [-0.2, 0) is 6.54 Å². The summed E-state index contributed by atoms with van der Waals surface area (Å²) in [5.41, 5.74) is 8.52. The van der Waals surface area contributed by atoms with Gasteiger partial charge in [-0.2, -0.15) is 11.3 Å². The third-order valence-corrected chi connectivity index (χ3v) is 4.54. The van der Waals surface area contributed by atoms with Gasteiger partial charge in [-0.25, -0.2) is 9.97 Å². The molecule has 126 valence electrons. The fraction of sp³-hybridized carbons (Fsp3) is 0.222. The average Bonchev–Trinajstić information content (AvgIpc) is 3.06. The van der Waals surface area contributed by atoms with Crippen molar-refractivity contribution >= 4 is 35.6 Å². The van der Waals surface area contributed by atoms with Crippen molar-refractivity contribution in [2.75, 3.05) is 18.4 Å². The van der Waals surface area contributed by atoms with Crippen molar-refractivity contribution in [1.29, 1.82) is 0 Å². The molecule has 7 heteroatoms. The van der Waals surface area contributed by atoms with E-state index in [-0.39, 0.29) is 0 Å². The Kier molecular flexibility index (Phi) is 6.17. The quantitative estimate of drug-likeness (QED) is 0.429. The van der Waals surface area contributed by atoms with E-state index in [0.717, 1.165) is 40.5 Å². The minimum atomic E-state index is 0.567. The van der Waals surface area contributed by atoms with Gasteiger partial charge in [0.15, 0.2) is 0 Å². The first-order valence-electron chi connectivity index (χ1n) is 8.20. The number of nitrogens with one attached hydrogen (secondary N) is 2. The Bertz CT molecular complexity index is 820. The Labute approximate surface area is 153 Å². The Hall–Kier alpha value is -2.22. The van der Waals surface area contributed by atoms with Gasteiger partial charge in [-0.05, 0) is 54.1 Å². The number of hydrogen-bond acceptors (Lipinski definition) is 6. The molecule has 0 saturated carbocycles. The minimum absolute atomic E-state index is 0.567. The zero-order valence-electron chi connectivity index (χ0n) is 13.9. The molecule has 25 heavy (non-hydrogen) atoms. The normalized spacial score (nSPS) is 10.8. The molecule has 0 saturated heterocycles. The monoisotopic (exact) mass is 349 g/mol. The molecule has 2 heterocycles. The van der Waals surface area contributed by atoms with Gasteiger partial charge in [0.25, 0.3) is 0 Å². The highest BCUT2D eigenvalue weighted by atomic mass is 32.1. The topological polar surface area (TPSA) is 75.9 Å². The molecule has 0 fully saturated rings. The summed E-state index contributed by atoms with van der Waals surface area (Å²) in [6.07, 6.45) is 2.73. The molecule has 0 bridgehead atoms. The number of anilines is 2. The summed E-state index contributed by atoms with van der Waals surface area (Å²) in [6.45, 7) is 2.44. The zero-order chi connectivity index (χ0) is 17.5. The Balaban J connectivity index is 1.68. The predicted molar refractivity (Wildman–Crippen MR) is 106 cm³/mol. The number of nitrogens with two attached hydrogens (primary N) is 1. The molecular weight excluding hydrogens is 329 g/mol. The van der Waals surface area contributed by atoms with Crippen LogP contribution in [0.2, 0.25) is 0 Å². The maximum atomic E-state index is 5.80. The second kappa shape index (κ2) is 8.76. The van der Waals surface area contributed by atoms with Crippen molar-refractivity contribution in [3.05, 3.63) is 54.2 Å². The van der Waals surface area contributed by atoms with Gasteiger partial charge in [-0.15, -0.1) is 0 Å². The van der Waals surface area contributed by atoms with Crippen LogP contribution >= 0.6 is 11.3 Å². The molecule has 0 unspecified atom stereocenters. The van der Waals surface area contributed by atoms with E-state index in [1.165, 1.54) is 16.9 Å². The summed E-state index contributed by atoms with van der Waals surface area (Å²) < 4.78 is 0.776. The summed E-state index contributed by atoms with van der Waals surface area (Å²) in [6, 6.07) is 13.9. The third-order valence-electron chi connectivity index (χ3n) is 3.60. The fourth-order valence-corrected chi connectivity index (χ4v) is 3.14. The predicted octanol–water partition coefficient (Wildman–Crippen LogP) is 2.18. The van der Waals surface area contributed by atoms with Crippen LogP contribution in [0.1, 0.15) is 12.0 Å². The number of rotatable bonds is 8. The van der Waals surface area contributed by atoms with Crippen LogP contribution in [0.4, 0.5) is 11.6 Å². The molecule has 0 atom stereocenters. The highest BCUT2D eigenvalue weighted by molar-refractivity contribution is 7.23. The summed E-state index contributed by atoms with van der Waals surface area (Å²) >= 11 is 1.51. The number of thiophene rings is 1. The molecule has 0 aliphatic carbocycles. The van der Waals surface area contributed by atoms with Gasteiger partial charge >= 0.3 is 0 Å². The number of benzene rings is 1. The van der Waals surface area contributed by atoms with Gasteiger partial charge in [0.2, 0.25) is 5.95 Å². The lowest BCUT2D eigenvalue weighted by Crippen LogP contribution is -2.17. The lowest BCUT2D eigenvalue weighted by Gasteiger charge is -2.09. The molecule has 0 spiro atoms. The van der Waals surface area contributed by atoms with Crippen LogP contribution in [0.15, 0.2) is 48.7 Å². The van der Waals surface area contributed by atoms with Crippen molar-refractivity contribution < 1.29 is 0 Å². The summed E-state index contributed by atoms with van der Waals surface area (Å²) in [5, 5.41) is 6.64. The van der Waals surface area contributed by atoms with E-state index in [4.69, 9.17) is 13.6 Å². The first kappa shape index (κ1) is 17.6. The van der Waals surface area contributed by atoms with E-state index >= 15 is 0 Å². The van der Waals surface area contributed by atoms with Gasteiger partial charge in [-0.1, -0.05) is 18.2 Å². The van der Waals surface area contributed by atoms with Gasteiger partial charge in [0.05, 0.1) is 10.6 Å². The van der Waals surface area contributed by atoms with Crippen molar-refractivity contribution in [2.45, 2.75) is 13.0 Å². The first-order chi connectivity index (χ1) is 12.2. The summed E-state index contributed by atoms with van der Waals surface area (Å²) in [7, 11) is 5.80. The Morgan fingerprint density at radius 2 is 2.08 bits per heavy atom. The molecule has 4 N–H and O–H groups in total. The van der Waals surface area contributed by atoms with E-state index in [0.29, 0.717) is 12.5 Å². The molecule has 0 aliphatic rings. The van der Waals surface area contributed by atoms with Gasteiger partial charge in [-0.3, -0.25) is 0 Å². The molecule has 2 radical (unpaired) electrons. The second-order valence-corrected chi connectivity index (χ2v) is 6.73. The molecule has 0 amide bonds. The van der Waals surface area contributed by atoms with Crippen LogP contribution in [0.5, 0.6) is 0 Å². The lowest BCUT2D eigenvalue weighted by atomic mass is 10.1. The maximum absolute atomic E-state index is 5.80. The standard InChI is InChI=1S/C18H20BN5S/c19-17-6-5-16(25-17)15-7-10-22-18(24-15)23-14-4-1-3-13(11-14)12-21-9-2-8-20/h1,3-7,10-11,21H,2,8-9,12,20H2,(H,22,23,24). The SMILES string of the molecule is [B]c1ccc(-c2ccnc(Nc3cccc(CNCCCN)c3)n2)s1. The van der Waals surface area contributed by atoms with Crippen molar-refractivity contribution in [1.82, 2.24) is 15.3 Å². The van der Waals surface area contributed by atoms with Crippen molar-refractivity contribution in [3.8, 4) is 10.6 Å². The Morgan fingerprint density at radius 1 is 1.16 bits per heavy atom. The molecular formula is C18H20BN5S. The largest absolute Gasteiger partial charge is 0.330 e. The number of hydrogen-bond donors (Lipinski definition) is 3. The van der Waals surface area contributed by atoms with Gasteiger partial charge in [0, 0.05) is 18.4 Å². The zero-order valence-corrected chi connectivity index (χ0v) is 14.7. The van der Waals surface area contributed by atoms with E-state index < -0.39 is 0 Å². The summed E-state index contributed by atoms with van der Waals surface area (Å²) in [5.74, 6) is 0.567. The van der Waals surface area contributed by atoms with E-state index in [1.807, 2.05) is 30.3 Å². The maximum Gasteiger partial charge on any atom is 0.227 e. The van der Waals surface area contributed by atoms with Crippen molar-refractivity contribution in [3.63, 3.8) is 0 Å². The van der Waals surface area contributed by atoms with Gasteiger partial charge < -0.3 is 16.4 Å². The minimum Gasteiger partial charge on any atom is -0.330 e. The summed E-state index contributed by atoms with van der Waals surface area (Å²) in [4.78, 5) is 9.90. The van der Waals surface area contributed by atoms with Crippen LogP contribution in [0.3, 0.4) is 0 Å². The molecule has 3 aromatic rings. The van der Waals surface area contributed by atoms with Crippen LogP contribution in [-0.4, -0.2) is 30.9 Å². The second-order valence-electron chi connectivity index (χ2n) is 5.61.